The molecule has 0 aliphatic heterocycles. The number of fused-ring (bicyclic) bond motifs is 1. The van der Waals surface area contributed by atoms with E-state index in [-0.39, 0.29) is 29.6 Å². The quantitative estimate of drug-likeness (QED) is 0.302. The largest absolute Gasteiger partial charge is 0.380 e. The van der Waals surface area contributed by atoms with Crippen LogP contribution in [0.4, 0.5) is 0 Å². The SMILES string of the molecule is CCCCc1nc2cccc(COC)c2n1Cc1ccc(-c2ccccc2-c2nnn[nH]2)cc1.[Na]. The molecule has 0 saturated heterocycles. The molecule has 0 fully saturated rings. The molecule has 0 aliphatic rings. The summed E-state index contributed by atoms with van der Waals surface area (Å²) in [5.41, 5.74) is 7.79. The number of aromatic nitrogens is 6. The molecule has 2 heterocycles. The van der Waals surface area contributed by atoms with Crippen LogP contribution in [-0.2, 0) is 24.3 Å². The van der Waals surface area contributed by atoms with E-state index in [0.29, 0.717) is 12.4 Å². The number of ether oxygens (including phenoxy) is 1. The number of hydrogen-bond donors (Lipinski definition) is 1. The van der Waals surface area contributed by atoms with Crippen molar-refractivity contribution in [3.63, 3.8) is 0 Å². The van der Waals surface area contributed by atoms with Crippen molar-refractivity contribution >= 4 is 40.6 Å². The van der Waals surface area contributed by atoms with Crippen LogP contribution in [0.15, 0.2) is 66.7 Å². The molecule has 0 spiro atoms. The summed E-state index contributed by atoms with van der Waals surface area (Å²) in [6.07, 6.45) is 3.23. The predicted octanol–water partition coefficient (Wildman–Crippen LogP) is 5.04. The molecule has 35 heavy (non-hydrogen) atoms. The summed E-state index contributed by atoms with van der Waals surface area (Å²) < 4.78 is 7.84. The van der Waals surface area contributed by atoms with Gasteiger partial charge in [0.2, 0.25) is 0 Å². The van der Waals surface area contributed by atoms with E-state index in [9.17, 15) is 0 Å². The monoisotopic (exact) mass is 475 g/mol. The smallest absolute Gasteiger partial charge is 0.180 e. The first-order valence-electron chi connectivity index (χ1n) is 11.7. The standard InChI is InChI=1S/C27H28N6O.Na/c1-3-4-12-25-28-24-11-7-8-21(18-34-2)26(24)33(25)17-19-13-15-20(16-14-19)22-9-5-6-10-23(22)27-29-31-32-30-27;/h5-11,13-16H,3-4,12,17-18H2,1-2H3,(H,29,30,31,32);. The molecule has 1 radical (unpaired) electrons. The van der Waals surface area contributed by atoms with Gasteiger partial charge in [0.15, 0.2) is 5.82 Å². The van der Waals surface area contributed by atoms with E-state index in [4.69, 9.17) is 9.72 Å². The molecule has 0 atom stereocenters. The molecule has 5 rings (SSSR count). The van der Waals surface area contributed by atoms with E-state index in [1.54, 1.807) is 7.11 Å². The summed E-state index contributed by atoms with van der Waals surface area (Å²) >= 11 is 0. The number of nitrogens with one attached hydrogen (secondary N) is 1. The number of nitrogens with zero attached hydrogens (tertiary/aromatic N) is 5. The van der Waals surface area contributed by atoms with Gasteiger partial charge in [-0.15, -0.1) is 5.10 Å². The minimum atomic E-state index is 0. The third-order valence-electron chi connectivity index (χ3n) is 6.12. The summed E-state index contributed by atoms with van der Waals surface area (Å²) in [6.45, 7) is 3.56. The second-order valence-corrected chi connectivity index (χ2v) is 8.43. The number of imidazole rings is 1. The van der Waals surface area contributed by atoms with Crippen molar-refractivity contribution in [3.05, 3.63) is 83.7 Å². The second-order valence-electron chi connectivity index (χ2n) is 8.43. The molecule has 173 valence electrons. The number of benzene rings is 3. The number of hydrogen-bond acceptors (Lipinski definition) is 5. The first-order chi connectivity index (χ1) is 16.8. The van der Waals surface area contributed by atoms with Crippen molar-refractivity contribution in [2.24, 2.45) is 0 Å². The van der Waals surface area contributed by atoms with Gasteiger partial charge in [-0.1, -0.05) is 74.0 Å². The molecular formula is C27H28N6NaO. The van der Waals surface area contributed by atoms with E-state index < -0.39 is 0 Å². The van der Waals surface area contributed by atoms with Crippen LogP contribution in [0.5, 0.6) is 0 Å². The molecule has 0 saturated carbocycles. The summed E-state index contributed by atoms with van der Waals surface area (Å²) in [6, 6.07) is 23.2. The Morgan fingerprint density at radius 3 is 2.46 bits per heavy atom. The molecule has 0 bridgehead atoms. The Kier molecular flexibility index (Phi) is 8.46. The Morgan fingerprint density at radius 2 is 1.74 bits per heavy atom. The Hall–Kier alpha value is -2.84. The zero-order valence-electron chi connectivity index (χ0n) is 20.5. The Labute approximate surface area is 227 Å². The van der Waals surface area contributed by atoms with Gasteiger partial charge < -0.3 is 9.30 Å². The van der Waals surface area contributed by atoms with Crippen molar-refractivity contribution in [2.75, 3.05) is 7.11 Å². The van der Waals surface area contributed by atoms with Crippen molar-refractivity contribution in [2.45, 2.75) is 39.3 Å². The van der Waals surface area contributed by atoms with Gasteiger partial charge in [-0.3, -0.25) is 0 Å². The Bertz CT molecular complexity index is 1380. The van der Waals surface area contributed by atoms with Crippen LogP contribution in [0.2, 0.25) is 0 Å². The van der Waals surface area contributed by atoms with Crippen LogP contribution in [-0.4, -0.2) is 66.8 Å². The summed E-state index contributed by atoms with van der Waals surface area (Å²) in [7, 11) is 1.74. The zero-order valence-corrected chi connectivity index (χ0v) is 22.5. The fourth-order valence-electron chi connectivity index (χ4n) is 4.46. The van der Waals surface area contributed by atoms with Crippen molar-refractivity contribution in [3.8, 4) is 22.5 Å². The average molecular weight is 476 g/mol. The molecule has 0 unspecified atom stereocenters. The van der Waals surface area contributed by atoms with Gasteiger partial charge >= 0.3 is 0 Å². The summed E-state index contributed by atoms with van der Waals surface area (Å²) in [5.74, 6) is 1.79. The van der Waals surface area contributed by atoms with Gasteiger partial charge in [-0.2, -0.15) is 0 Å². The molecule has 0 aliphatic carbocycles. The van der Waals surface area contributed by atoms with Gasteiger partial charge in [0.05, 0.1) is 17.6 Å². The van der Waals surface area contributed by atoms with Crippen LogP contribution < -0.4 is 0 Å². The first-order valence-corrected chi connectivity index (χ1v) is 11.7. The minimum Gasteiger partial charge on any atom is -0.380 e. The van der Waals surface area contributed by atoms with E-state index in [0.717, 1.165) is 53.8 Å². The molecule has 0 amide bonds. The summed E-state index contributed by atoms with van der Waals surface area (Å²) in [4.78, 5) is 4.98. The van der Waals surface area contributed by atoms with Gasteiger partial charge in [0, 0.05) is 60.8 Å². The molecule has 1 N–H and O–H groups in total. The minimum absolute atomic E-state index is 0. The maximum atomic E-state index is 5.48. The third-order valence-corrected chi connectivity index (χ3v) is 6.12. The number of methoxy groups -OCH3 is 1. The first kappa shape index (κ1) is 25.3. The van der Waals surface area contributed by atoms with E-state index >= 15 is 0 Å². The van der Waals surface area contributed by atoms with Gasteiger partial charge in [-0.05, 0) is 39.6 Å². The topological polar surface area (TPSA) is 81.5 Å². The predicted molar refractivity (Wildman–Crippen MR) is 139 cm³/mol. The van der Waals surface area contributed by atoms with E-state index in [1.807, 2.05) is 18.2 Å². The Balaban J connectivity index is 0.00000289. The van der Waals surface area contributed by atoms with Crippen molar-refractivity contribution in [1.82, 2.24) is 30.2 Å². The Morgan fingerprint density at radius 1 is 0.943 bits per heavy atom. The fourth-order valence-corrected chi connectivity index (χ4v) is 4.46. The number of rotatable bonds is 9. The van der Waals surface area contributed by atoms with Crippen LogP contribution >= 0.6 is 0 Å². The third kappa shape index (κ3) is 5.38. The van der Waals surface area contributed by atoms with Crippen LogP contribution in [0.3, 0.4) is 0 Å². The second kappa shape index (κ2) is 11.7. The summed E-state index contributed by atoms with van der Waals surface area (Å²) in [5, 5.41) is 14.4. The molecule has 2 aromatic heterocycles. The van der Waals surface area contributed by atoms with Crippen LogP contribution in [0, 0.1) is 0 Å². The number of tetrazole rings is 1. The zero-order chi connectivity index (χ0) is 23.3. The maximum Gasteiger partial charge on any atom is 0.180 e. The molecule has 7 nitrogen and oxygen atoms in total. The molecular weight excluding hydrogens is 447 g/mol. The van der Waals surface area contributed by atoms with E-state index in [1.165, 1.54) is 16.6 Å². The molecule has 3 aromatic carbocycles. The normalized spacial score (nSPS) is 11.0. The number of unbranched alkanes of at least 4 members (excludes halogenated alkanes) is 1. The number of aromatic amines is 1. The van der Waals surface area contributed by atoms with Crippen molar-refractivity contribution in [1.29, 1.82) is 0 Å². The van der Waals surface area contributed by atoms with Crippen LogP contribution in [0.1, 0.15) is 36.7 Å². The molecule has 8 heteroatoms. The van der Waals surface area contributed by atoms with E-state index in [2.05, 4.69) is 80.6 Å². The number of H-pyrrole nitrogens is 1. The number of aryl methyl sites for hydroxylation is 1. The van der Waals surface area contributed by atoms with Gasteiger partial charge in [0.25, 0.3) is 0 Å². The average Bonchev–Trinajstić information content (AvgIpc) is 3.53. The fraction of sp³-hybridized carbons (Fsp3) is 0.259. The van der Waals surface area contributed by atoms with Crippen LogP contribution in [0.25, 0.3) is 33.5 Å². The molecule has 5 aromatic rings. The van der Waals surface area contributed by atoms with Gasteiger partial charge in [-0.25, -0.2) is 10.1 Å². The van der Waals surface area contributed by atoms with Crippen molar-refractivity contribution < 1.29 is 4.74 Å². The maximum absolute atomic E-state index is 5.48. The number of para-hydroxylation sites is 1. The van der Waals surface area contributed by atoms with Gasteiger partial charge in [0.1, 0.15) is 5.82 Å².